The van der Waals surface area contributed by atoms with Crippen molar-refractivity contribution in [3.8, 4) is 5.75 Å². The van der Waals surface area contributed by atoms with Crippen molar-refractivity contribution in [2.24, 2.45) is 11.8 Å². The summed E-state index contributed by atoms with van der Waals surface area (Å²) in [6, 6.07) is 5.97. The number of ketones is 1. The molecule has 1 aliphatic rings. The van der Waals surface area contributed by atoms with Crippen LogP contribution in [0.5, 0.6) is 5.75 Å². The van der Waals surface area contributed by atoms with Gasteiger partial charge in [0.25, 0.3) is 0 Å². The highest BCUT2D eigenvalue weighted by Gasteiger charge is 2.24. The van der Waals surface area contributed by atoms with Gasteiger partial charge >= 0.3 is 0 Å². The molecule has 22 heavy (non-hydrogen) atoms. The minimum absolute atomic E-state index is 0.167. The van der Waals surface area contributed by atoms with Crippen LogP contribution in [0.3, 0.4) is 0 Å². The van der Waals surface area contributed by atoms with E-state index < -0.39 is 0 Å². The highest BCUT2D eigenvalue weighted by Crippen LogP contribution is 2.26. The zero-order valence-corrected chi connectivity index (χ0v) is 14.6. The second-order valence-electron chi connectivity index (χ2n) is 7.18. The number of likely N-dealkylation sites (tertiary alicyclic amines) is 1. The van der Waals surface area contributed by atoms with Gasteiger partial charge in [-0.1, -0.05) is 33.8 Å². The van der Waals surface area contributed by atoms with Gasteiger partial charge in [0.05, 0.1) is 19.2 Å². The Balaban J connectivity index is 2.16. The smallest absolute Gasteiger partial charge is 0.180 e. The molecule has 2 atom stereocenters. The van der Waals surface area contributed by atoms with Crippen LogP contribution >= 0.6 is 0 Å². The quantitative estimate of drug-likeness (QED) is 0.771. The van der Waals surface area contributed by atoms with E-state index in [9.17, 15) is 4.79 Å². The summed E-state index contributed by atoms with van der Waals surface area (Å²) in [5, 5.41) is 0. The topological polar surface area (TPSA) is 29.5 Å². The maximum atomic E-state index is 12.8. The molecular formula is C19H29NO2. The molecule has 1 aromatic rings. The molecule has 2 rings (SSSR count). The average Bonchev–Trinajstić information content (AvgIpc) is 2.45. The van der Waals surface area contributed by atoms with E-state index in [-0.39, 0.29) is 5.78 Å². The summed E-state index contributed by atoms with van der Waals surface area (Å²) >= 11 is 0. The van der Waals surface area contributed by atoms with Crippen LogP contribution in [-0.2, 0) is 0 Å². The maximum absolute atomic E-state index is 12.8. The van der Waals surface area contributed by atoms with E-state index in [4.69, 9.17) is 4.74 Å². The van der Waals surface area contributed by atoms with Crippen LogP contribution in [0.25, 0.3) is 0 Å². The lowest BCUT2D eigenvalue weighted by Gasteiger charge is -2.34. The monoisotopic (exact) mass is 303 g/mol. The van der Waals surface area contributed by atoms with Gasteiger partial charge in [-0.2, -0.15) is 0 Å². The van der Waals surface area contributed by atoms with Crippen LogP contribution in [0.4, 0.5) is 0 Å². The fourth-order valence-electron chi connectivity index (χ4n) is 3.51. The summed E-state index contributed by atoms with van der Waals surface area (Å²) in [6.07, 6.45) is 1.26. The minimum atomic E-state index is 0.167. The third kappa shape index (κ3) is 4.10. The molecule has 1 saturated heterocycles. The number of rotatable bonds is 5. The number of ether oxygens (including phenoxy) is 1. The number of carbonyl (C=O) groups is 1. The number of methoxy groups -OCH3 is 1. The molecule has 0 aliphatic carbocycles. The summed E-state index contributed by atoms with van der Waals surface area (Å²) in [7, 11) is 1.63. The van der Waals surface area contributed by atoms with Gasteiger partial charge in [0.15, 0.2) is 5.78 Å². The van der Waals surface area contributed by atoms with Crippen molar-refractivity contribution in [2.75, 3.05) is 26.7 Å². The highest BCUT2D eigenvalue weighted by atomic mass is 16.5. The molecule has 0 amide bonds. The summed E-state index contributed by atoms with van der Waals surface area (Å²) in [5.41, 5.74) is 1.91. The molecule has 0 N–H and O–H groups in total. The van der Waals surface area contributed by atoms with Crippen LogP contribution in [0, 0.1) is 11.8 Å². The molecule has 0 radical (unpaired) electrons. The largest absolute Gasteiger partial charge is 0.496 e. The Morgan fingerprint density at radius 1 is 1.27 bits per heavy atom. The maximum Gasteiger partial charge on any atom is 0.180 e. The highest BCUT2D eigenvalue weighted by molar-refractivity contribution is 6.00. The number of hydrogen-bond donors (Lipinski definition) is 0. The van der Waals surface area contributed by atoms with Gasteiger partial charge < -0.3 is 4.74 Å². The zero-order chi connectivity index (χ0) is 16.3. The van der Waals surface area contributed by atoms with Crippen molar-refractivity contribution < 1.29 is 9.53 Å². The number of hydrogen-bond acceptors (Lipinski definition) is 3. The Hall–Kier alpha value is -1.35. The van der Waals surface area contributed by atoms with Gasteiger partial charge in [-0.05, 0) is 41.9 Å². The summed E-state index contributed by atoms with van der Waals surface area (Å²) < 4.78 is 5.39. The molecule has 122 valence electrons. The van der Waals surface area contributed by atoms with Crippen molar-refractivity contribution >= 4 is 5.78 Å². The molecule has 1 aromatic carbocycles. The first kappa shape index (κ1) is 17.0. The van der Waals surface area contributed by atoms with Crippen molar-refractivity contribution in [2.45, 2.75) is 40.0 Å². The van der Waals surface area contributed by atoms with Crippen molar-refractivity contribution in [3.05, 3.63) is 29.3 Å². The van der Waals surface area contributed by atoms with E-state index in [2.05, 4.69) is 32.6 Å². The first-order valence-electron chi connectivity index (χ1n) is 8.34. The van der Waals surface area contributed by atoms with Gasteiger partial charge in [-0.15, -0.1) is 0 Å². The fourth-order valence-corrected chi connectivity index (χ4v) is 3.51. The van der Waals surface area contributed by atoms with Gasteiger partial charge in [0, 0.05) is 13.1 Å². The Labute approximate surface area is 134 Å². The Bertz CT molecular complexity index is 514. The van der Waals surface area contributed by atoms with Crippen molar-refractivity contribution in [1.82, 2.24) is 4.90 Å². The van der Waals surface area contributed by atoms with Crippen LogP contribution in [-0.4, -0.2) is 37.4 Å². The SMILES string of the molecule is COc1ccc(C(C)C)cc1C(=O)CN1CC(C)CC(C)C1. The lowest BCUT2D eigenvalue weighted by Crippen LogP contribution is -2.41. The molecule has 0 spiro atoms. The molecular weight excluding hydrogens is 274 g/mol. The third-order valence-corrected chi connectivity index (χ3v) is 4.50. The zero-order valence-electron chi connectivity index (χ0n) is 14.6. The normalized spacial score (nSPS) is 22.8. The van der Waals surface area contributed by atoms with E-state index in [0.29, 0.717) is 30.0 Å². The number of benzene rings is 1. The molecule has 0 bridgehead atoms. The second-order valence-corrected chi connectivity index (χ2v) is 7.18. The first-order chi connectivity index (χ1) is 10.4. The number of nitrogens with zero attached hydrogens (tertiary/aromatic N) is 1. The van der Waals surface area contributed by atoms with Crippen LogP contribution < -0.4 is 4.74 Å². The van der Waals surface area contributed by atoms with E-state index in [1.54, 1.807) is 7.11 Å². The predicted octanol–water partition coefficient (Wildman–Crippen LogP) is 3.98. The molecule has 1 heterocycles. The molecule has 1 aliphatic heterocycles. The summed E-state index contributed by atoms with van der Waals surface area (Å²) in [4.78, 5) is 15.1. The van der Waals surface area contributed by atoms with Crippen molar-refractivity contribution in [3.63, 3.8) is 0 Å². The lowest BCUT2D eigenvalue weighted by molar-refractivity contribution is 0.0846. The molecule has 1 fully saturated rings. The average molecular weight is 303 g/mol. The van der Waals surface area contributed by atoms with E-state index in [1.165, 1.54) is 12.0 Å². The molecule has 2 unspecified atom stereocenters. The summed E-state index contributed by atoms with van der Waals surface area (Å²) in [5.74, 6) is 2.60. The van der Waals surface area contributed by atoms with E-state index >= 15 is 0 Å². The Morgan fingerprint density at radius 3 is 2.45 bits per heavy atom. The van der Waals surface area contributed by atoms with Crippen LogP contribution in [0.2, 0.25) is 0 Å². The predicted molar refractivity (Wildman–Crippen MR) is 90.8 cm³/mol. The first-order valence-corrected chi connectivity index (χ1v) is 8.34. The van der Waals surface area contributed by atoms with Crippen LogP contribution in [0.1, 0.15) is 56.0 Å². The van der Waals surface area contributed by atoms with E-state index in [0.717, 1.165) is 18.7 Å². The lowest BCUT2D eigenvalue weighted by atomic mass is 9.91. The second kappa shape index (κ2) is 7.28. The van der Waals surface area contributed by atoms with Gasteiger partial charge in [-0.25, -0.2) is 0 Å². The van der Waals surface area contributed by atoms with Crippen molar-refractivity contribution in [1.29, 1.82) is 0 Å². The van der Waals surface area contributed by atoms with Crippen LogP contribution in [0.15, 0.2) is 18.2 Å². The molecule has 3 heteroatoms. The molecule has 0 aromatic heterocycles. The molecule has 3 nitrogen and oxygen atoms in total. The Morgan fingerprint density at radius 2 is 1.91 bits per heavy atom. The van der Waals surface area contributed by atoms with Gasteiger partial charge in [0.2, 0.25) is 0 Å². The minimum Gasteiger partial charge on any atom is -0.496 e. The van der Waals surface area contributed by atoms with Gasteiger partial charge in [0.1, 0.15) is 5.75 Å². The number of carbonyl (C=O) groups excluding carboxylic acids is 1. The standard InChI is InChI=1S/C19H29NO2/c1-13(2)16-6-7-19(22-5)17(9-16)18(21)12-20-10-14(3)8-15(4)11-20/h6-7,9,13-15H,8,10-12H2,1-5H3. The third-order valence-electron chi connectivity index (χ3n) is 4.50. The fraction of sp³-hybridized carbons (Fsp3) is 0.632. The molecule has 0 saturated carbocycles. The number of Topliss-reactive ketones (excluding diaryl/α,β-unsaturated/α-hetero) is 1. The number of piperidine rings is 1. The van der Waals surface area contributed by atoms with E-state index in [1.807, 2.05) is 18.2 Å². The van der Waals surface area contributed by atoms with Gasteiger partial charge in [-0.3, -0.25) is 9.69 Å². The summed E-state index contributed by atoms with van der Waals surface area (Å²) in [6.45, 7) is 11.4. The Kier molecular flexibility index (Phi) is 5.63.